The molecule has 0 aliphatic heterocycles. The van der Waals surface area contributed by atoms with E-state index in [4.69, 9.17) is 4.74 Å². The predicted molar refractivity (Wildman–Crippen MR) is 85.2 cm³/mol. The number of rotatable bonds is 5. The molecule has 4 heteroatoms. The minimum absolute atomic E-state index is 0.0360. The molecule has 108 valence electrons. The monoisotopic (exact) mass is 397 g/mol. The number of amides is 1. The molecule has 2 aromatic carbocycles. The van der Waals surface area contributed by atoms with Gasteiger partial charge in [0.2, 0.25) is 0 Å². The van der Waals surface area contributed by atoms with Gasteiger partial charge in [0.05, 0.1) is 0 Å². The zero-order valence-corrected chi connectivity index (χ0v) is 14.4. The van der Waals surface area contributed by atoms with Crippen LogP contribution in [-0.4, -0.2) is 36.5 Å². The summed E-state index contributed by atoms with van der Waals surface area (Å²) in [6, 6.07) is 17.7. The van der Waals surface area contributed by atoms with Gasteiger partial charge in [-0.2, -0.15) is 0 Å². The van der Waals surface area contributed by atoms with Gasteiger partial charge in [0.1, 0.15) is 0 Å². The van der Waals surface area contributed by atoms with Crippen molar-refractivity contribution in [3.05, 3.63) is 65.7 Å². The van der Waals surface area contributed by atoms with Crippen LogP contribution in [-0.2, 0) is 11.3 Å². The van der Waals surface area contributed by atoms with Crippen LogP contribution in [0.2, 0.25) is 0 Å². The van der Waals surface area contributed by atoms with E-state index in [0.29, 0.717) is 10.4 Å². The summed E-state index contributed by atoms with van der Waals surface area (Å²) in [5.41, 5.74) is 2.25. The van der Waals surface area contributed by atoms with E-state index in [9.17, 15) is 4.79 Å². The van der Waals surface area contributed by atoms with E-state index in [2.05, 4.69) is 0 Å². The van der Waals surface area contributed by atoms with Crippen molar-refractivity contribution >= 4 is 31.6 Å². The molecule has 0 aromatic heterocycles. The summed E-state index contributed by atoms with van der Waals surface area (Å²) in [6.07, 6.45) is 0. The van der Waals surface area contributed by atoms with E-state index in [0.717, 1.165) is 11.3 Å². The molecule has 1 amide bonds. The van der Waals surface area contributed by atoms with Crippen LogP contribution in [0.1, 0.15) is 18.1 Å². The van der Waals surface area contributed by atoms with Crippen molar-refractivity contribution in [2.45, 2.75) is 20.4 Å². The molecule has 21 heavy (non-hydrogen) atoms. The van der Waals surface area contributed by atoms with Crippen LogP contribution in [0.5, 0.6) is 5.75 Å². The van der Waals surface area contributed by atoms with Gasteiger partial charge in [0, 0.05) is 0 Å². The van der Waals surface area contributed by atoms with Crippen molar-refractivity contribution in [2.24, 2.45) is 0 Å². The van der Waals surface area contributed by atoms with Gasteiger partial charge >= 0.3 is 138 Å². The Labute approximate surface area is 137 Å². The molecule has 0 saturated carbocycles. The molecule has 0 spiro atoms. The van der Waals surface area contributed by atoms with Gasteiger partial charge in [-0.25, -0.2) is 0 Å². The molecule has 0 saturated heterocycles. The molecule has 2 rings (SSSR count). The van der Waals surface area contributed by atoms with E-state index in [1.165, 1.54) is 5.56 Å². The summed E-state index contributed by atoms with van der Waals surface area (Å²) >= 11 is 1.73. The first-order valence-electron chi connectivity index (χ1n) is 6.67. The Balaban J connectivity index is 2.09. The molecule has 0 aliphatic carbocycles. The number of nitrogens with zero attached hydrogens (tertiary/aromatic N) is 1. The fourth-order valence-electron chi connectivity index (χ4n) is 1.83. The van der Waals surface area contributed by atoms with Gasteiger partial charge < -0.3 is 0 Å². The normalized spacial score (nSPS) is 10.0. The second-order valence-corrected chi connectivity index (χ2v) is 5.77. The number of benzene rings is 2. The van der Waals surface area contributed by atoms with Gasteiger partial charge in [0.25, 0.3) is 0 Å². The molecule has 0 fully saturated rings. The average Bonchev–Trinajstić information content (AvgIpc) is 2.48. The zero-order valence-electron chi connectivity index (χ0n) is 12.1. The SMILES string of the molecule is CC(=O)N(Cc1ccccc1)C(=[Te])Oc1ccc(C)cc1. The predicted octanol–water partition coefficient (Wildman–Crippen LogP) is 2.68. The number of hydrogen-bond donors (Lipinski definition) is 0. The van der Waals surface area contributed by atoms with Crippen molar-refractivity contribution in [3.8, 4) is 5.75 Å². The molecule has 0 unspecified atom stereocenters. The second kappa shape index (κ2) is 7.40. The Bertz CT molecular complexity index is 623. The fourth-order valence-corrected chi connectivity index (χ4v) is 2.66. The molecular weight excluding hydrogens is 378 g/mol. The maximum absolute atomic E-state index is 11.9. The minimum atomic E-state index is -0.0360. The summed E-state index contributed by atoms with van der Waals surface area (Å²) in [6.45, 7) is 4.08. The molecule has 2 aromatic rings. The van der Waals surface area contributed by atoms with Gasteiger partial charge in [-0.15, -0.1) is 0 Å². The van der Waals surface area contributed by atoms with E-state index in [1.54, 1.807) is 33.6 Å². The number of hydrogen-bond acceptors (Lipinski definition) is 2. The van der Waals surface area contributed by atoms with Crippen LogP contribution in [0.15, 0.2) is 54.6 Å². The van der Waals surface area contributed by atoms with Crippen molar-refractivity contribution in [2.75, 3.05) is 0 Å². The summed E-state index contributed by atoms with van der Waals surface area (Å²) in [4.78, 5) is 13.5. The molecule has 0 atom stereocenters. The van der Waals surface area contributed by atoms with Crippen molar-refractivity contribution in [1.29, 1.82) is 0 Å². The number of carbonyl (C=O) groups is 1. The maximum atomic E-state index is 11.9. The van der Waals surface area contributed by atoms with Crippen molar-refractivity contribution in [1.82, 2.24) is 4.90 Å². The molecular formula is C17H17NO2Te. The first-order chi connectivity index (χ1) is 10.1. The van der Waals surface area contributed by atoms with E-state index in [-0.39, 0.29) is 5.91 Å². The second-order valence-electron chi connectivity index (χ2n) is 4.77. The van der Waals surface area contributed by atoms with E-state index < -0.39 is 0 Å². The third-order valence-electron chi connectivity index (χ3n) is 3.01. The quantitative estimate of drug-likeness (QED) is 0.730. The third-order valence-corrected chi connectivity index (χ3v) is 3.88. The van der Waals surface area contributed by atoms with E-state index >= 15 is 0 Å². The van der Waals surface area contributed by atoms with Crippen LogP contribution < -0.4 is 4.74 Å². The molecule has 0 bridgehead atoms. The summed E-state index contributed by atoms with van der Waals surface area (Å²) < 4.78 is 6.38. The fraction of sp³-hybridized carbons (Fsp3) is 0.176. The zero-order chi connectivity index (χ0) is 15.2. The van der Waals surface area contributed by atoms with Gasteiger partial charge in [-0.05, 0) is 0 Å². The Hall–Kier alpha value is -1.63. The number of ether oxygens (including phenoxy) is 1. The Morgan fingerprint density at radius 1 is 1.10 bits per heavy atom. The van der Waals surface area contributed by atoms with Crippen LogP contribution >= 0.6 is 0 Å². The van der Waals surface area contributed by atoms with E-state index in [1.807, 2.05) is 61.5 Å². The Morgan fingerprint density at radius 3 is 2.29 bits per heavy atom. The molecule has 0 N–H and O–H groups in total. The Morgan fingerprint density at radius 2 is 1.71 bits per heavy atom. The molecule has 0 aliphatic rings. The van der Waals surface area contributed by atoms with Crippen LogP contribution in [0.3, 0.4) is 0 Å². The average molecular weight is 395 g/mol. The van der Waals surface area contributed by atoms with Crippen LogP contribution in [0.25, 0.3) is 0 Å². The first-order valence-corrected chi connectivity index (χ1v) is 7.83. The summed E-state index contributed by atoms with van der Waals surface area (Å²) in [5.74, 6) is 0.700. The van der Waals surface area contributed by atoms with Gasteiger partial charge in [0.15, 0.2) is 0 Å². The topological polar surface area (TPSA) is 29.5 Å². The van der Waals surface area contributed by atoms with Crippen molar-refractivity contribution in [3.63, 3.8) is 0 Å². The third kappa shape index (κ3) is 4.70. The molecule has 0 heterocycles. The van der Waals surface area contributed by atoms with Crippen LogP contribution in [0, 0.1) is 6.92 Å². The Kier molecular flexibility index (Phi) is 5.55. The standard InChI is InChI=1S/C17H17NO2Te/c1-13-8-10-16(11-9-13)20-17(21)18(14(2)19)12-15-6-4-3-5-7-15/h3-11H,12H2,1-2H3. The summed E-state index contributed by atoms with van der Waals surface area (Å²) in [7, 11) is 0. The number of aryl methyl sites for hydroxylation is 1. The first kappa shape index (κ1) is 15.8. The van der Waals surface area contributed by atoms with Gasteiger partial charge in [-0.3, -0.25) is 0 Å². The van der Waals surface area contributed by atoms with Crippen LogP contribution in [0.4, 0.5) is 0 Å². The summed E-state index contributed by atoms with van der Waals surface area (Å²) in [5, 5.41) is 0. The number of carbonyl (C=O) groups excluding carboxylic acids is 1. The molecule has 3 nitrogen and oxygen atoms in total. The van der Waals surface area contributed by atoms with Gasteiger partial charge in [-0.1, -0.05) is 0 Å². The molecule has 0 radical (unpaired) electrons. The van der Waals surface area contributed by atoms with Crippen molar-refractivity contribution < 1.29 is 9.53 Å².